The number of carboxylic acid groups (broad SMARTS) is 1. The monoisotopic (exact) mass is 261 g/mol. The van der Waals surface area contributed by atoms with Gasteiger partial charge in [-0.15, -0.1) is 0 Å². The molecule has 0 bridgehead atoms. The largest absolute Gasteiger partial charge is 0.478 e. The van der Waals surface area contributed by atoms with E-state index in [9.17, 15) is 18.0 Å². The third-order valence-corrected chi connectivity index (χ3v) is 2.78. The van der Waals surface area contributed by atoms with Crippen molar-refractivity contribution in [3.63, 3.8) is 0 Å². The van der Waals surface area contributed by atoms with Crippen molar-refractivity contribution < 1.29 is 23.1 Å². The second kappa shape index (κ2) is 4.67. The van der Waals surface area contributed by atoms with E-state index in [1.54, 1.807) is 6.07 Å². The Labute approximate surface area is 98.9 Å². The molecule has 1 N–H and O–H groups in total. The molecule has 3 nitrogen and oxygen atoms in total. The fraction of sp³-hybridized carbons (Fsp3) is 0.200. The summed E-state index contributed by atoms with van der Waals surface area (Å²) < 4.78 is 36.6. The summed E-state index contributed by atoms with van der Waals surface area (Å²) in [4.78, 5) is 10.5. The first-order valence-corrected chi connectivity index (χ1v) is 5.10. The predicted octanol–water partition coefficient (Wildman–Crippen LogP) is 3.18. The van der Waals surface area contributed by atoms with Crippen LogP contribution in [0.15, 0.2) is 17.0 Å². The molecule has 0 saturated carbocycles. The number of hydrogen-bond acceptors (Lipinski definition) is 3. The predicted molar refractivity (Wildman–Crippen MR) is 54.8 cm³/mol. The number of carboxylic acids is 1. The number of nitrogens with zero attached hydrogens (tertiary/aromatic N) is 1. The van der Waals surface area contributed by atoms with Crippen molar-refractivity contribution in [2.75, 3.05) is 0 Å². The number of carbonyl (C=O) groups is 1. The van der Waals surface area contributed by atoms with Gasteiger partial charge in [0.15, 0.2) is 0 Å². The molecule has 0 saturated heterocycles. The highest BCUT2D eigenvalue weighted by atomic mass is 32.2. The first-order chi connectivity index (χ1) is 7.76. The summed E-state index contributed by atoms with van der Waals surface area (Å²) in [5, 5.41) is 17.5. The fourth-order valence-corrected chi connectivity index (χ4v) is 2.01. The van der Waals surface area contributed by atoms with E-state index in [0.29, 0.717) is 0 Å². The van der Waals surface area contributed by atoms with Crippen LogP contribution in [-0.4, -0.2) is 16.6 Å². The number of aromatic carboxylic acids is 1. The van der Waals surface area contributed by atoms with Crippen LogP contribution >= 0.6 is 11.8 Å². The molecule has 0 aromatic heterocycles. The van der Waals surface area contributed by atoms with Gasteiger partial charge < -0.3 is 5.11 Å². The molecule has 0 radical (unpaired) electrons. The third kappa shape index (κ3) is 3.14. The summed E-state index contributed by atoms with van der Waals surface area (Å²) in [6.07, 6.45) is 0. The van der Waals surface area contributed by atoms with Crippen molar-refractivity contribution in [2.45, 2.75) is 17.3 Å². The van der Waals surface area contributed by atoms with E-state index in [1.165, 1.54) is 13.0 Å². The van der Waals surface area contributed by atoms with E-state index in [4.69, 9.17) is 10.4 Å². The molecule has 17 heavy (non-hydrogen) atoms. The maximum absolute atomic E-state index is 12.2. The van der Waals surface area contributed by atoms with Gasteiger partial charge in [0.1, 0.15) is 0 Å². The van der Waals surface area contributed by atoms with E-state index >= 15 is 0 Å². The lowest BCUT2D eigenvalue weighted by Gasteiger charge is -2.11. The SMILES string of the molecule is Cc1c(C#N)ccc(SC(F)(F)F)c1C(=O)O. The highest BCUT2D eigenvalue weighted by Gasteiger charge is 2.32. The number of alkyl halides is 3. The summed E-state index contributed by atoms with van der Waals surface area (Å²) in [7, 11) is 0. The van der Waals surface area contributed by atoms with Crippen LogP contribution in [0.2, 0.25) is 0 Å². The van der Waals surface area contributed by atoms with Crippen molar-refractivity contribution in [3.05, 3.63) is 28.8 Å². The first-order valence-electron chi connectivity index (χ1n) is 4.29. The highest BCUT2D eigenvalue weighted by molar-refractivity contribution is 8.00. The lowest BCUT2D eigenvalue weighted by atomic mass is 10.0. The van der Waals surface area contributed by atoms with E-state index in [0.717, 1.165) is 6.07 Å². The zero-order valence-corrected chi connectivity index (χ0v) is 9.32. The molecule has 0 spiro atoms. The zero-order chi connectivity index (χ0) is 13.2. The second-order valence-corrected chi connectivity index (χ2v) is 4.18. The van der Waals surface area contributed by atoms with Crippen LogP contribution < -0.4 is 0 Å². The number of hydrogen-bond donors (Lipinski definition) is 1. The Kier molecular flexibility index (Phi) is 3.68. The van der Waals surface area contributed by atoms with Gasteiger partial charge in [-0.05, 0) is 36.4 Å². The Bertz CT molecular complexity index is 505. The molecule has 0 unspecified atom stereocenters. The molecule has 1 rings (SSSR count). The minimum Gasteiger partial charge on any atom is -0.478 e. The fourth-order valence-electron chi connectivity index (χ4n) is 1.28. The molecule has 7 heteroatoms. The molecule has 0 fully saturated rings. The summed E-state index contributed by atoms with van der Waals surface area (Å²) in [6, 6.07) is 3.90. The van der Waals surface area contributed by atoms with Crippen molar-refractivity contribution in [1.29, 1.82) is 5.26 Å². The topological polar surface area (TPSA) is 61.1 Å². The summed E-state index contributed by atoms with van der Waals surface area (Å²) in [5.74, 6) is -1.48. The van der Waals surface area contributed by atoms with Crippen LogP contribution in [0, 0.1) is 18.3 Å². The van der Waals surface area contributed by atoms with Crippen LogP contribution in [0.5, 0.6) is 0 Å². The van der Waals surface area contributed by atoms with Gasteiger partial charge in [0.25, 0.3) is 0 Å². The first kappa shape index (κ1) is 13.4. The number of halogens is 3. The van der Waals surface area contributed by atoms with E-state index in [-0.39, 0.29) is 11.1 Å². The molecule has 0 atom stereocenters. The number of benzene rings is 1. The molecule has 1 aromatic carbocycles. The molecule has 0 heterocycles. The summed E-state index contributed by atoms with van der Waals surface area (Å²) >= 11 is -0.501. The second-order valence-electron chi connectivity index (χ2n) is 3.08. The molecule has 0 aliphatic carbocycles. The Morgan fingerprint density at radius 3 is 2.47 bits per heavy atom. The van der Waals surface area contributed by atoms with Crippen molar-refractivity contribution in [3.8, 4) is 6.07 Å². The number of thioether (sulfide) groups is 1. The van der Waals surface area contributed by atoms with Crippen molar-refractivity contribution in [2.24, 2.45) is 0 Å². The van der Waals surface area contributed by atoms with Gasteiger partial charge in [-0.3, -0.25) is 0 Å². The maximum Gasteiger partial charge on any atom is 0.446 e. The van der Waals surface area contributed by atoms with Gasteiger partial charge in [0.05, 0.1) is 17.2 Å². The molecular weight excluding hydrogens is 255 g/mol. The van der Waals surface area contributed by atoms with Crippen molar-refractivity contribution >= 4 is 17.7 Å². The van der Waals surface area contributed by atoms with Crippen molar-refractivity contribution in [1.82, 2.24) is 0 Å². The Morgan fingerprint density at radius 2 is 2.06 bits per heavy atom. The van der Waals surface area contributed by atoms with Gasteiger partial charge in [0.2, 0.25) is 0 Å². The molecule has 0 amide bonds. The Morgan fingerprint density at radius 1 is 1.47 bits per heavy atom. The number of nitriles is 1. The third-order valence-electron chi connectivity index (χ3n) is 1.99. The highest BCUT2D eigenvalue weighted by Crippen LogP contribution is 2.39. The van der Waals surface area contributed by atoms with E-state index in [2.05, 4.69) is 0 Å². The van der Waals surface area contributed by atoms with E-state index < -0.39 is 33.7 Å². The smallest absolute Gasteiger partial charge is 0.446 e. The van der Waals surface area contributed by atoms with Gasteiger partial charge in [-0.1, -0.05) is 0 Å². The van der Waals surface area contributed by atoms with Crippen LogP contribution in [0.3, 0.4) is 0 Å². The van der Waals surface area contributed by atoms with Crippen LogP contribution in [0.25, 0.3) is 0 Å². The van der Waals surface area contributed by atoms with Gasteiger partial charge in [0, 0.05) is 4.90 Å². The Balaban J connectivity index is 3.38. The number of rotatable bonds is 2. The molecule has 1 aromatic rings. The Hall–Kier alpha value is -1.68. The van der Waals surface area contributed by atoms with Gasteiger partial charge in [-0.25, -0.2) is 4.79 Å². The molecule has 90 valence electrons. The summed E-state index contributed by atoms with van der Waals surface area (Å²) in [6.45, 7) is 1.31. The summed E-state index contributed by atoms with van der Waals surface area (Å²) in [5.41, 5.74) is -4.96. The standard InChI is InChI=1S/C10H6F3NO2S/c1-5-6(4-14)2-3-7(8(5)9(15)16)17-10(11,12)13/h2-3H,1H3,(H,15,16). The van der Waals surface area contributed by atoms with Crippen LogP contribution in [0.1, 0.15) is 21.5 Å². The van der Waals surface area contributed by atoms with Crippen LogP contribution in [0.4, 0.5) is 13.2 Å². The lowest BCUT2D eigenvalue weighted by molar-refractivity contribution is -0.0328. The maximum atomic E-state index is 12.2. The van der Waals surface area contributed by atoms with Gasteiger partial charge in [-0.2, -0.15) is 18.4 Å². The minimum absolute atomic E-state index is 0.0363. The normalized spacial score (nSPS) is 11.0. The molecule has 0 aliphatic rings. The average Bonchev–Trinajstić information content (AvgIpc) is 2.14. The van der Waals surface area contributed by atoms with E-state index in [1.807, 2.05) is 0 Å². The quantitative estimate of drug-likeness (QED) is 0.830. The zero-order valence-electron chi connectivity index (χ0n) is 8.50. The van der Waals surface area contributed by atoms with Crippen LogP contribution in [-0.2, 0) is 0 Å². The molecule has 0 aliphatic heterocycles. The molecular formula is C10H6F3NO2S. The average molecular weight is 261 g/mol. The minimum atomic E-state index is -4.56. The lowest BCUT2D eigenvalue weighted by Crippen LogP contribution is -2.07. The van der Waals surface area contributed by atoms with Gasteiger partial charge >= 0.3 is 11.5 Å².